The van der Waals surface area contributed by atoms with Crippen LogP contribution in [-0.4, -0.2) is 42.7 Å². The Morgan fingerprint density at radius 2 is 1.95 bits per heavy atom. The molecule has 0 amide bonds. The predicted octanol–water partition coefficient (Wildman–Crippen LogP) is 1.82. The number of hydrogen-bond donors (Lipinski definition) is 2. The van der Waals surface area contributed by atoms with Crippen LogP contribution >= 0.6 is 0 Å². The fourth-order valence-corrected chi connectivity index (χ4v) is 2.63. The lowest BCUT2D eigenvalue weighted by atomic mass is 9.97. The smallest absolute Gasteiger partial charge is 0.335 e. The summed E-state index contributed by atoms with van der Waals surface area (Å²) in [5, 5.41) is 12.2. The van der Waals surface area contributed by atoms with Crippen molar-refractivity contribution >= 4 is 5.97 Å². The summed E-state index contributed by atoms with van der Waals surface area (Å²) in [7, 11) is 2.13. The van der Waals surface area contributed by atoms with Gasteiger partial charge in [-0.15, -0.1) is 0 Å². The number of rotatable bonds is 5. The molecule has 2 rings (SSSR count). The van der Waals surface area contributed by atoms with Gasteiger partial charge in [0.25, 0.3) is 0 Å². The van der Waals surface area contributed by atoms with Gasteiger partial charge in [-0.3, -0.25) is 0 Å². The Balaban J connectivity index is 1.83. The maximum absolute atomic E-state index is 10.8. The third-order valence-corrected chi connectivity index (χ3v) is 3.68. The minimum Gasteiger partial charge on any atom is -0.478 e. The Morgan fingerprint density at radius 1 is 1.32 bits per heavy atom. The molecule has 2 N–H and O–H groups in total. The molecule has 1 fully saturated rings. The number of nitrogens with one attached hydrogen (secondary N) is 1. The van der Waals surface area contributed by atoms with Crippen LogP contribution in [-0.2, 0) is 6.54 Å². The van der Waals surface area contributed by atoms with Crippen LogP contribution in [0.1, 0.15) is 28.8 Å². The molecule has 1 aliphatic rings. The maximum Gasteiger partial charge on any atom is 0.335 e. The Bertz CT molecular complexity index is 411. The summed E-state index contributed by atoms with van der Waals surface area (Å²) in [6, 6.07) is 7.16. The molecule has 1 aromatic carbocycles. The minimum absolute atomic E-state index is 0.352. The molecule has 0 saturated carbocycles. The van der Waals surface area contributed by atoms with Gasteiger partial charge in [-0.25, -0.2) is 4.79 Å². The monoisotopic (exact) mass is 262 g/mol. The summed E-state index contributed by atoms with van der Waals surface area (Å²) in [6.45, 7) is 4.25. The highest BCUT2D eigenvalue weighted by atomic mass is 16.4. The Labute approximate surface area is 114 Å². The molecule has 0 bridgehead atoms. The van der Waals surface area contributed by atoms with Crippen molar-refractivity contribution in [1.29, 1.82) is 0 Å². The van der Waals surface area contributed by atoms with E-state index < -0.39 is 5.97 Å². The summed E-state index contributed by atoms with van der Waals surface area (Å²) in [6.07, 6.45) is 2.50. The van der Waals surface area contributed by atoms with Gasteiger partial charge in [0.15, 0.2) is 0 Å². The average Bonchev–Trinajstić information content (AvgIpc) is 2.40. The van der Waals surface area contributed by atoms with Gasteiger partial charge in [0.1, 0.15) is 0 Å². The van der Waals surface area contributed by atoms with Gasteiger partial charge >= 0.3 is 5.97 Å². The third-order valence-electron chi connectivity index (χ3n) is 3.68. The van der Waals surface area contributed by atoms with E-state index in [2.05, 4.69) is 17.3 Å². The quantitative estimate of drug-likeness (QED) is 0.850. The van der Waals surface area contributed by atoms with Crippen molar-refractivity contribution in [3.8, 4) is 0 Å². The van der Waals surface area contributed by atoms with Crippen molar-refractivity contribution < 1.29 is 9.90 Å². The first-order valence-electron chi connectivity index (χ1n) is 6.86. The fraction of sp³-hybridized carbons (Fsp3) is 0.533. The minimum atomic E-state index is -0.866. The standard InChI is InChI=1S/C15H22N2O2/c1-17(11-13-6-8-16-9-7-13)10-12-2-4-14(5-3-12)15(18)19/h2-5,13,16H,6-11H2,1H3,(H,18,19). The molecule has 0 aromatic heterocycles. The van der Waals surface area contributed by atoms with Crippen LogP contribution in [0, 0.1) is 5.92 Å². The first kappa shape index (κ1) is 14.0. The average molecular weight is 262 g/mol. The highest BCUT2D eigenvalue weighted by Crippen LogP contribution is 2.14. The molecule has 104 valence electrons. The molecule has 4 nitrogen and oxygen atoms in total. The fourth-order valence-electron chi connectivity index (χ4n) is 2.63. The molecule has 0 atom stereocenters. The Kier molecular flexibility index (Phi) is 4.93. The van der Waals surface area contributed by atoms with Crippen molar-refractivity contribution in [2.45, 2.75) is 19.4 Å². The summed E-state index contributed by atoms with van der Waals surface area (Å²) < 4.78 is 0. The second-order valence-electron chi connectivity index (χ2n) is 5.39. The zero-order chi connectivity index (χ0) is 13.7. The van der Waals surface area contributed by atoms with E-state index in [1.54, 1.807) is 12.1 Å². The predicted molar refractivity (Wildman–Crippen MR) is 75.3 cm³/mol. The molecule has 0 aliphatic carbocycles. The summed E-state index contributed by atoms with van der Waals surface area (Å²) >= 11 is 0. The van der Waals surface area contributed by atoms with Crippen LogP contribution in [0.15, 0.2) is 24.3 Å². The molecule has 0 unspecified atom stereocenters. The van der Waals surface area contributed by atoms with Gasteiger partial charge in [0.2, 0.25) is 0 Å². The zero-order valence-corrected chi connectivity index (χ0v) is 11.4. The van der Waals surface area contributed by atoms with Crippen LogP contribution < -0.4 is 5.32 Å². The molecule has 0 radical (unpaired) electrons. The van der Waals surface area contributed by atoms with Crippen molar-refractivity contribution in [3.63, 3.8) is 0 Å². The van der Waals surface area contributed by atoms with E-state index in [1.807, 2.05) is 12.1 Å². The number of carboxylic acids is 1. The molecule has 1 aliphatic heterocycles. The highest BCUT2D eigenvalue weighted by Gasteiger charge is 2.15. The number of carboxylic acid groups (broad SMARTS) is 1. The summed E-state index contributed by atoms with van der Waals surface area (Å²) in [4.78, 5) is 13.1. The number of aromatic carboxylic acids is 1. The first-order chi connectivity index (χ1) is 9.15. The summed E-state index contributed by atoms with van der Waals surface area (Å²) in [5.41, 5.74) is 1.52. The molecule has 1 heterocycles. The molecule has 4 heteroatoms. The summed E-state index contributed by atoms with van der Waals surface area (Å²) in [5.74, 6) is -0.0841. The van der Waals surface area contributed by atoms with Gasteiger partial charge in [-0.05, 0) is 56.6 Å². The molecule has 19 heavy (non-hydrogen) atoms. The zero-order valence-electron chi connectivity index (χ0n) is 11.4. The van der Waals surface area contributed by atoms with Gasteiger partial charge in [0, 0.05) is 13.1 Å². The van der Waals surface area contributed by atoms with Crippen LogP contribution in [0.2, 0.25) is 0 Å². The van der Waals surface area contributed by atoms with Crippen molar-refractivity contribution in [3.05, 3.63) is 35.4 Å². The van der Waals surface area contributed by atoms with Crippen molar-refractivity contribution in [1.82, 2.24) is 10.2 Å². The molecule has 0 spiro atoms. The Hall–Kier alpha value is -1.39. The van der Waals surface area contributed by atoms with Crippen LogP contribution in [0.5, 0.6) is 0 Å². The number of carbonyl (C=O) groups is 1. The van der Waals surface area contributed by atoms with E-state index in [1.165, 1.54) is 18.4 Å². The van der Waals surface area contributed by atoms with E-state index in [4.69, 9.17) is 5.11 Å². The topological polar surface area (TPSA) is 52.6 Å². The van der Waals surface area contributed by atoms with E-state index in [-0.39, 0.29) is 0 Å². The largest absolute Gasteiger partial charge is 0.478 e. The second kappa shape index (κ2) is 6.68. The van der Waals surface area contributed by atoms with E-state index >= 15 is 0 Å². The number of hydrogen-bond acceptors (Lipinski definition) is 3. The lowest BCUT2D eigenvalue weighted by Gasteiger charge is -2.27. The SMILES string of the molecule is CN(Cc1ccc(C(=O)O)cc1)CC1CCNCC1. The molecule has 1 saturated heterocycles. The van der Waals surface area contributed by atoms with Gasteiger partial charge in [0.05, 0.1) is 5.56 Å². The lowest BCUT2D eigenvalue weighted by molar-refractivity contribution is 0.0697. The first-order valence-corrected chi connectivity index (χ1v) is 6.86. The van der Waals surface area contributed by atoms with E-state index in [0.29, 0.717) is 5.56 Å². The van der Waals surface area contributed by atoms with Crippen molar-refractivity contribution in [2.24, 2.45) is 5.92 Å². The van der Waals surface area contributed by atoms with Gasteiger partial charge in [-0.1, -0.05) is 12.1 Å². The number of piperidine rings is 1. The van der Waals surface area contributed by atoms with Crippen LogP contribution in [0.25, 0.3) is 0 Å². The van der Waals surface area contributed by atoms with E-state index in [9.17, 15) is 4.79 Å². The molecular weight excluding hydrogens is 240 g/mol. The third kappa shape index (κ3) is 4.33. The van der Waals surface area contributed by atoms with Gasteiger partial charge < -0.3 is 15.3 Å². The maximum atomic E-state index is 10.8. The highest BCUT2D eigenvalue weighted by molar-refractivity contribution is 5.87. The van der Waals surface area contributed by atoms with E-state index in [0.717, 1.165) is 32.1 Å². The lowest BCUT2D eigenvalue weighted by Crippen LogP contribution is -2.34. The second-order valence-corrected chi connectivity index (χ2v) is 5.39. The van der Waals surface area contributed by atoms with Gasteiger partial charge in [-0.2, -0.15) is 0 Å². The van der Waals surface area contributed by atoms with Crippen molar-refractivity contribution in [2.75, 3.05) is 26.7 Å². The Morgan fingerprint density at radius 3 is 2.53 bits per heavy atom. The molecular formula is C15H22N2O2. The van der Waals surface area contributed by atoms with Crippen LogP contribution in [0.4, 0.5) is 0 Å². The molecule has 1 aromatic rings. The van der Waals surface area contributed by atoms with Crippen LogP contribution in [0.3, 0.4) is 0 Å². The number of nitrogens with zero attached hydrogens (tertiary/aromatic N) is 1. The number of benzene rings is 1. The normalized spacial score (nSPS) is 16.7.